The molecule has 0 saturated heterocycles. The fraction of sp³-hybridized carbons (Fsp3) is 0.389. The predicted octanol–water partition coefficient (Wildman–Crippen LogP) is 2.08. The summed E-state index contributed by atoms with van der Waals surface area (Å²) in [4.78, 5) is 25.7. The van der Waals surface area contributed by atoms with Gasteiger partial charge in [-0.1, -0.05) is 6.07 Å². The number of hydrogen-bond acceptors (Lipinski definition) is 5. The van der Waals surface area contributed by atoms with Gasteiger partial charge in [-0.2, -0.15) is 5.10 Å². The molecule has 7 nitrogen and oxygen atoms in total. The molecule has 0 bridgehead atoms. The van der Waals surface area contributed by atoms with Crippen molar-refractivity contribution in [2.75, 3.05) is 14.2 Å². The first-order chi connectivity index (χ1) is 11.7. The molecule has 0 aliphatic carbocycles. The average Bonchev–Trinajstić information content (AvgIpc) is 2.81. The van der Waals surface area contributed by atoms with Crippen molar-refractivity contribution in [2.45, 2.75) is 33.9 Å². The lowest BCUT2D eigenvalue weighted by Crippen LogP contribution is -2.30. The Morgan fingerprint density at radius 1 is 1.32 bits per heavy atom. The monoisotopic (exact) mass is 345 g/mol. The number of ketones is 1. The highest BCUT2D eigenvalue weighted by molar-refractivity contribution is 5.96. The number of carbonyl (C=O) groups is 2. The summed E-state index contributed by atoms with van der Waals surface area (Å²) in [7, 11) is 3.16. The summed E-state index contributed by atoms with van der Waals surface area (Å²) in [6, 6.07) is 5.02. The zero-order chi connectivity index (χ0) is 18.7. The first kappa shape index (κ1) is 18.5. The third kappa shape index (κ3) is 3.99. The highest BCUT2D eigenvalue weighted by atomic mass is 16.5. The van der Waals surface area contributed by atoms with Crippen LogP contribution in [0.1, 0.15) is 34.2 Å². The number of aromatic hydroxyl groups is 1. The normalized spacial score (nSPS) is 10.6. The molecule has 134 valence electrons. The number of Topliss-reactive ketones (excluding diaryl/α,β-unsaturated/α-hetero) is 1. The number of amides is 1. The Labute approximate surface area is 146 Å². The molecule has 0 aliphatic heterocycles. The van der Waals surface area contributed by atoms with Crippen molar-refractivity contribution in [3.63, 3.8) is 0 Å². The van der Waals surface area contributed by atoms with Crippen LogP contribution in [0.2, 0.25) is 0 Å². The molecule has 0 atom stereocenters. The van der Waals surface area contributed by atoms with Gasteiger partial charge < -0.3 is 14.7 Å². The van der Waals surface area contributed by atoms with Crippen LogP contribution in [0.25, 0.3) is 0 Å². The average molecular weight is 345 g/mol. The summed E-state index contributed by atoms with van der Waals surface area (Å²) in [5.41, 5.74) is 2.66. The van der Waals surface area contributed by atoms with Crippen molar-refractivity contribution in [3.8, 4) is 11.5 Å². The largest absolute Gasteiger partial charge is 0.504 e. The van der Waals surface area contributed by atoms with Crippen LogP contribution in [0.4, 0.5) is 0 Å². The summed E-state index contributed by atoms with van der Waals surface area (Å²) in [5.74, 6) is 0.217. The van der Waals surface area contributed by atoms with E-state index in [0.717, 1.165) is 5.56 Å². The molecule has 0 aliphatic rings. The molecule has 1 aromatic heterocycles. The molecule has 2 rings (SSSR count). The lowest BCUT2D eigenvalue weighted by atomic mass is 10.1. The number of likely N-dealkylation sites (N-methyl/N-ethyl adjacent to an activating group) is 1. The van der Waals surface area contributed by atoms with E-state index in [1.807, 2.05) is 0 Å². The fourth-order valence-electron chi connectivity index (χ4n) is 2.81. The molecule has 7 heteroatoms. The van der Waals surface area contributed by atoms with Gasteiger partial charge in [-0.15, -0.1) is 0 Å². The zero-order valence-corrected chi connectivity index (χ0v) is 15.2. The van der Waals surface area contributed by atoms with Crippen molar-refractivity contribution in [3.05, 3.63) is 40.7 Å². The molecular formula is C18H23N3O4. The summed E-state index contributed by atoms with van der Waals surface area (Å²) >= 11 is 0. The molecule has 0 fully saturated rings. The molecule has 25 heavy (non-hydrogen) atoms. The minimum atomic E-state index is -0.143. The summed E-state index contributed by atoms with van der Waals surface area (Å²) in [5, 5.41) is 14.1. The first-order valence-corrected chi connectivity index (χ1v) is 7.89. The number of aromatic nitrogens is 2. The number of rotatable bonds is 6. The van der Waals surface area contributed by atoms with Crippen molar-refractivity contribution in [2.24, 2.45) is 0 Å². The molecule has 2 aromatic rings. The topological polar surface area (TPSA) is 84.7 Å². The van der Waals surface area contributed by atoms with Crippen LogP contribution >= 0.6 is 0 Å². The Morgan fingerprint density at radius 3 is 2.52 bits per heavy atom. The van der Waals surface area contributed by atoms with Gasteiger partial charge in [0.2, 0.25) is 5.91 Å². The van der Waals surface area contributed by atoms with Crippen LogP contribution in [0, 0.1) is 13.8 Å². The molecular weight excluding hydrogens is 322 g/mol. The van der Waals surface area contributed by atoms with E-state index in [0.29, 0.717) is 29.2 Å². The Kier molecular flexibility index (Phi) is 5.46. The Morgan fingerprint density at radius 2 is 2.00 bits per heavy atom. The van der Waals surface area contributed by atoms with Crippen LogP contribution in [0.15, 0.2) is 18.2 Å². The van der Waals surface area contributed by atoms with Gasteiger partial charge in [0.1, 0.15) is 6.54 Å². The van der Waals surface area contributed by atoms with Gasteiger partial charge in [-0.3, -0.25) is 14.3 Å². The maximum Gasteiger partial charge on any atom is 0.244 e. The molecule has 0 unspecified atom stereocenters. The number of phenols is 1. The number of methoxy groups -OCH3 is 1. The van der Waals surface area contributed by atoms with Crippen LogP contribution in [-0.4, -0.2) is 45.6 Å². The fourth-order valence-corrected chi connectivity index (χ4v) is 2.81. The Bertz CT molecular complexity index is 811. The second-order valence-electron chi connectivity index (χ2n) is 6.02. The smallest absolute Gasteiger partial charge is 0.244 e. The Hall–Kier alpha value is -2.83. The van der Waals surface area contributed by atoms with Crippen LogP contribution < -0.4 is 4.74 Å². The van der Waals surface area contributed by atoms with Gasteiger partial charge in [0.25, 0.3) is 0 Å². The molecule has 1 amide bonds. The number of ether oxygens (including phenoxy) is 1. The van der Waals surface area contributed by atoms with Crippen molar-refractivity contribution in [1.82, 2.24) is 14.7 Å². The van der Waals surface area contributed by atoms with Crippen molar-refractivity contribution < 1.29 is 19.4 Å². The second kappa shape index (κ2) is 7.38. The van der Waals surface area contributed by atoms with Gasteiger partial charge in [0, 0.05) is 19.3 Å². The van der Waals surface area contributed by atoms with Gasteiger partial charge in [0.15, 0.2) is 17.3 Å². The predicted molar refractivity (Wildman–Crippen MR) is 92.8 cm³/mol. The van der Waals surface area contributed by atoms with Crippen LogP contribution in [0.3, 0.4) is 0 Å². The minimum Gasteiger partial charge on any atom is -0.504 e. The number of nitrogens with zero attached hydrogens (tertiary/aromatic N) is 3. The van der Waals surface area contributed by atoms with E-state index in [9.17, 15) is 14.7 Å². The highest BCUT2D eigenvalue weighted by Crippen LogP contribution is 2.26. The van der Waals surface area contributed by atoms with E-state index in [4.69, 9.17) is 4.74 Å². The molecule has 1 heterocycles. The van der Waals surface area contributed by atoms with Crippen molar-refractivity contribution >= 4 is 11.7 Å². The summed E-state index contributed by atoms with van der Waals surface area (Å²) < 4.78 is 6.56. The quantitative estimate of drug-likeness (QED) is 0.810. The number of phenolic OH excluding ortho intramolecular Hbond substituents is 1. The maximum absolute atomic E-state index is 12.5. The molecule has 0 radical (unpaired) electrons. The third-order valence-electron chi connectivity index (χ3n) is 4.11. The van der Waals surface area contributed by atoms with E-state index in [1.54, 1.807) is 48.7 Å². The highest BCUT2D eigenvalue weighted by Gasteiger charge is 2.18. The van der Waals surface area contributed by atoms with Crippen molar-refractivity contribution in [1.29, 1.82) is 0 Å². The molecule has 0 spiro atoms. The number of hydrogen-bond donors (Lipinski definition) is 1. The van der Waals surface area contributed by atoms with Gasteiger partial charge in [0.05, 0.1) is 18.4 Å². The third-order valence-corrected chi connectivity index (χ3v) is 4.11. The molecule has 1 N–H and O–H groups in total. The van der Waals surface area contributed by atoms with E-state index in [1.165, 1.54) is 14.0 Å². The molecule has 0 saturated carbocycles. The summed E-state index contributed by atoms with van der Waals surface area (Å²) in [6.07, 6.45) is 0. The minimum absolute atomic E-state index is 0.0329. The van der Waals surface area contributed by atoms with E-state index in [-0.39, 0.29) is 24.0 Å². The van der Waals surface area contributed by atoms with Crippen LogP contribution in [-0.2, 0) is 17.9 Å². The standard InChI is InChI=1S/C18H23N3O4/c1-11-18(13(3)22)12(2)21(19-11)10-17(24)20(4)9-14-6-7-16(25-5)15(23)8-14/h6-8,23H,9-10H2,1-5H3. The Balaban J connectivity index is 2.09. The van der Waals surface area contributed by atoms with E-state index in [2.05, 4.69) is 5.10 Å². The van der Waals surface area contributed by atoms with Crippen LogP contribution in [0.5, 0.6) is 11.5 Å². The second-order valence-corrected chi connectivity index (χ2v) is 6.02. The van der Waals surface area contributed by atoms with E-state index >= 15 is 0 Å². The molecule has 1 aromatic carbocycles. The number of aryl methyl sites for hydroxylation is 1. The van der Waals surface area contributed by atoms with E-state index < -0.39 is 0 Å². The lowest BCUT2D eigenvalue weighted by molar-refractivity contribution is -0.131. The van der Waals surface area contributed by atoms with Gasteiger partial charge in [-0.25, -0.2) is 0 Å². The maximum atomic E-state index is 12.5. The summed E-state index contributed by atoms with van der Waals surface area (Å²) in [6.45, 7) is 5.43. The van der Waals surface area contributed by atoms with Gasteiger partial charge in [-0.05, 0) is 38.5 Å². The van der Waals surface area contributed by atoms with Gasteiger partial charge >= 0.3 is 0 Å². The number of benzene rings is 1. The first-order valence-electron chi connectivity index (χ1n) is 7.89. The SMILES string of the molecule is COc1ccc(CN(C)C(=O)Cn2nc(C)c(C(C)=O)c2C)cc1O. The zero-order valence-electron chi connectivity index (χ0n) is 15.2. The number of carbonyl (C=O) groups excluding carboxylic acids is 2. The lowest BCUT2D eigenvalue weighted by Gasteiger charge is -2.18.